The maximum absolute atomic E-state index is 9.51. The fourth-order valence-corrected chi connectivity index (χ4v) is 2.65. The van der Waals surface area contributed by atoms with Gasteiger partial charge in [-0.3, -0.25) is 0 Å². The highest BCUT2D eigenvalue weighted by Crippen LogP contribution is 2.41. The quantitative estimate of drug-likeness (QED) is 0.779. The molecule has 0 unspecified atom stereocenters. The van der Waals surface area contributed by atoms with Crippen LogP contribution in [-0.2, 0) is 5.41 Å². The molecule has 1 saturated carbocycles. The molecule has 1 aliphatic carbocycles. The van der Waals surface area contributed by atoms with E-state index in [0.717, 1.165) is 12.1 Å². The van der Waals surface area contributed by atoms with Crippen LogP contribution in [0.1, 0.15) is 36.8 Å². The molecule has 15 heavy (non-hydrogen) atoms. The van der Waals surface area contributed by atoms with Crippen LogP contribution in [0.4, 0.5) is 0 Å². The first-order valence-electron chi connectivity index (χ1n) is 5.68. The van der Waals surface area contributed by atoms with Gasteiger partial charge in [-0.15, -0.1) is 0 Å². The summed E-state index contributed by atoms with van der Waals surface area (Å²) in [6.07, 6.45) is 4.93. The van der Waals surface area contributed by atoms with Gasteiger partial charge in [0.1, 0.15) is 5.75 Å². The number of nitrogens with two attached hydrogens (primary N) is 1. The van der Waals surface area contributed by atoms with E-state index in [0.29, 0.717) is 5.75 Å². The number of hydrogen-bond acceptors (Lipinski definition) is 2. The molecule has 2 rings (SSSR count). The monoisotopic (exact) mass is 205 g/mol. The number of rotatable bonds is 2. The van der Waals surface area contributed by atoms with Crippen molar-refractivity contribution in [2.75, 3.05) is 6.54 Å². The van der Waals surface area contributed by atoms with Gasteiger partial charge >= 0.3 is 0 Å². The van der Waals surface area contributed by atoms with Gasteiger partial charge < -0.3 is 10.8 Å². The highest BCUT2D eigenvalue weighted by Gasteiger charge is 2.34. The van der Waals surface area contributed by atoms with Crippen LogP contribution < -0.4 is 5.73 Å². The third-order valence-corrected chi connectivity index (χ3v) is 3.76. The van der Waals surface area contributed by atoms with Crippen LogP contribution in [0.5, 0.6) is 5.75 Å². The summed E-state index contributed by atoms with van der Waals surface area (Å²) in [7, 11) is 0. The van der Waals surface area contributed by atoms with E-state index in [2.05, 4.69) is 6.07 Å². The fraction of sp³-hybridized carbons (Fsp3) is 0.538. The highest BCUT2D eigenvalue weighted by molar-refractivity contribution is 5.39. The van der Waals surface area contributed by atoms with E-state index in [4.69, 9.17) is 5.73 Å². The van der Waals surface area contributed by atoms with Crippen molar-refractivity contribution in [3.05, 3.63) is 29.3 Å². The summed E-state index contributed by atoms with van der Waals surface area (Å²) in [6.45, 7) is 2.66. The third-order valence-electron chi connectivity index (χ3n) is 3.76. The van der Waals surface area contributed by atoms with Gasteiger partial charge in [0, 0.05) is 12.0 Å². The topological polar surface area (TPSA) is 46.2 Å². The number of benzene rings is 1. The van der Waals surface area contributed by atoms with Crippen molar-refractivity contribution in [1.82, 2.24) is 0 Å². The highest BCUT2D eigenvalue weighted by atomic mass is 16.3. The molecule has 1 aliphatic rings. The molecule has 0 atom stereocenters. The molecule has 82 valence electrons. The fourth-order valence-electron chi connectivity index (χ4n) is 2.65. The van der Waals surface area contributed by atoms with Gasteiger partial charge in [-0.05, 0) is 37.0 Å². The molecule has 1 aromatic rings. The van der Waals surface area contributed by atoms with Gasteiger partial charge in [0.15, 0.2) is 0 Å². The maximum atomic E-state index is 9.51. The van der Waals surface area contributed by atoms with Crippen molar-refractivity contribution in [2.24, 2.45) is 5.73 Å². The van der Waals surface area contributed by atoms with E-state index in [1.54, 1.807) is 6.07 Å². The lowest BCUT2D eigenvalue weighted by atomic mass is 9.78. The van der Waals surface area contributed by atoms with Gasteiger partial charge in [-0.25, -0.2) is 0 Å². The summed E-state index contributed by atoms with van der Waals surface area (Å²) in [5.41, 5.74) is 8.36. The molecule has 0 heterocycles. The first-order valence-corrected chi connectivity index (χ1v) is 5.68. The van der Waals surface area contributed by atoms with E-state index in [1.807, 2.05) is 13.0 Å². The largest absolute Gasteiger partial charge is 0.508 e. The Morgan fingerprint density at radius 2 is 2.00 bits per heavy atom. The van der Waals surface area contributed by atoms with E-state index in [9.17, 15) is 5.11 Å². The summed E-state index contributed by atoms with van der Waals surface area (Å²) in [6, 6.07) is 5.91. The van der Waals surface area contributed by atoms with Gasteiger partial charge in [0.2, 0.25) is 0 Å². The molecule has 0 radical (unpaired) electrons. The van der Waals surface area contributed by atoms with Crippen molar-refractivity contribution >= 4 is 0 Å². The number of phenolic OH excluding ortho intramolecular Hbond substituents is 1. The molecule has 0 saturated heterocycles. The number of aromatic hydroxyl groups is 1. The molecule has 2 nitrogen and oxygen atoms in total. The lowest BCUT2D eigenvalue weighted by Crippen LogP contribution is -2.31. The van der Waals surface area contributed by atoms with E-state index >= 15 is 0 Å². The predicted octanol–water partition coefficient (Wildman–Crippen LogP) is 2.47. The molecule has 1 fully saturated rings. The lowest BCUT2D eigenvalue weighted by Gasteiger charge is -2.28. The van der Waals surface area contributed by atoms with Crippen LogP contribution in [0.3, 0.4) is 0 Å². The minimum Gasteiger partial charge on any atom is -0.508 e. The molecule has 0 spiro atoms. The van der Waals surface area contributed by atoms with Crippen LogP contribution in [0.15, 0.2) is 18.2 Å². The molecule has 0 bridgehead atoms. The normalized spacial score (nSPS) is 19.3. The Labute approximate surface area is 91.1 Å². The summed E-state index contributed by atoms with van der Waals surface area (Å²) in [5, 5.41) is 9.51. The Kier molecular flexibility index (Phi) is 2.70. The SMILES string of the molecule is Cc1cc(C2(CN)CCCC2)ccc1O. The number of phenols is 1. The smallest absolute Gasteiger partial charge is 0.118 e. The van der Waals surface area contributed by atoms with Gasteiger partial charge in [0.05, 0.1) is 0 Å². The second-order valence-electron chi connectivity index (χ2n) is 4.69. The van der Waals surface area contributed by atoms with Crippen molar-refractivity contribution in [1.29, 1.82) is 0 Å². The van der Waals surface area contributed by atoms with Crippen LogP contribution >= 0.6 is 0 Å². The van der Waals surface area contributed by atoms with Crippen LogP contribution in [0.25, 0.3) is 0 Å². The zero-order valence-electron chi connectivity index (χ0n) is 9.29. The molecule has 1 aromatic carbocycles. The minimum atomic E-state index is 0.179. The molecule has 2 heteroatoms. The Morgan fingerprint density at radius 1 is 1.33 bits per heavy atom. The Bertz CT molecular complexity index is 354. The zero-order chi connectivity index (χ0) is 10.9. The van der Waals surface area contributed by atoms with Crippen molar-refractivity contribution in [3.8, 4) is 5.75 Å². The summed E-state index contributed by atoms with van der Waals surface area (Å²) in [4.78, 5) is 0. The molecule has 0 aromatic heterocycles. The molecule has 0 amide bonds. The van der Waals surface area contributed by atoms with Crippen molar-refractivity contribution in [3.63, 3.8) is 0 Å². The summed E-state index contributed by atoms with van der Waals surface area (Å²) in [5.74, 6) is 0.379. The molecular formula is C13H19NO. The summed E-state index contributed by atoms with van der Waals surface area (Å²) < 4.78 is 0. The third kappa shape index (κ3) is 1.74. The molecule has 3 N–H and O–H groups in total. The van der Waals surface area contributed by atoms with Gasteiger partial charge in [-0.2, -0.15) is 0 Å². The zero-order valence-corrected chi connectivity index (χ0v) is 9.29. The predicted molar refractivity (Wildman–Crippen MR) is 62.0 cm³/mol. The summed E-state index contributed by atoms with van der Waals surface area (Å²) >= 11 is 0. The number of hydrogen-bond donors (Lipinski definition) is 2. The first-order chi connectivity index (χ1) is 7.18. The maximum Gasteiger partial charge on any atom is 0.118 e. The lowest BCUT2D eigenvalue weighted by molar-refractivity contribution is 0.447. The van der Waals surface area contributed by atoms with Crippen LogP contribution in [0.2, 0.25) is 0 Å². The van der Waals surface area contributed by atoms with Gasteiger partial charge in [0.25, 0.3) is 0 Å². The standard InChI is InChI=1S/C13H19NO/c1-10-8-11(4-5-12(10)15)13(9-14)6-2-3-7-13/h4-5,8,15H,2-3,6-7,9,14H2,1H3. The Morgan fingerprint density at radius 3 is 2.53 bits per heavy atom. The number of aryl methyl sites for hydroxylation is 1. The van der Waals surface area contributed by atoms with Crippen LogP contribution in [-0.4, -0.2) is 11.7 Å². The average Bonchev–Trinajstić information content (AvgIpc) is 2.72. The van der Waals surface area contributed by atoms with E-state index < -0.39 is 0 Å². The second kappa shape index (κ2) is 3.86. The first kappa shape index (κ1) is 10.5. The minimum absolute atomic E-state index is 0.179. The van der Waals surface area contributed by atoms with Crippen molar-refractivity contribution < 1.29 is 5.11 Å². The van der Waals surface area contributed by atoms with Crippen LogP contribution in [0, 0.1) is 6.92 Å². The Balaban J connectivity index is 2.38. The second-order valence-corrected chi connectivity index (χ2v) is 4.69. The molecular weight excluding hydrogens is 186 g/mol. The van der Waals surface area contributed by atoms with Gasteiger partial charge in [-0.1, -0.05) is 25.0 Å². The molecule has 0 aliphatic heterocycles. The van der Waals surface area contributed by atoms with E-state index in [-0.39, 0.29) is 5.41 Å². The van der Waals surface area contributed by atoms with Crippen molar-refractivity contribution in [2.45, 2.75) is 38.0 Å². The average molecular weight is 205 g/mol. The van der Waals surface area contributed by atoms with E-state index in [1.165, 1.54) is 31.2 Å². The Hall–Kier alpha value is -1.02.